The molecule has 0 aliphatic heterocycles. The van der Waals surface area contributed by atoms with Crippen LogP contribution in [0.1, 0.15) is 18.9 Å². The molecular formula is C26H30N2O5S. The Labute approximate surface area is 201 Å². The number of nitrogens with zero attached hydrogens (tertiary/aromatic N) is 1. The van der Waals surface area contributed by atoms with Crippen molar-refractivity contribution < 1.29 is 22.7 Å². The number of para-hydroxylation sites is 4. The molecule has 0 heterocycles. The normalized spacial score (nSPS) is 11.0. The maximum absolute atomic E-state index is 12.6. The number of hydrogen-bond donors (Lipinski definition) is 1. The number of ether oxygens (including phenoxy) is 2. The Morgan fingerprint density at radius 3 is 2.26 bits per heavy atom. The fraction of sp³-hybridized carbons (Fsp3) is 0.269. The average molecular weight is 483 g/mol. The van der Waals surface area contributed by atoms with E-state index in [0.717, 1.165) is 28.3 Å². The van der Waals surface area contributed by atoms with E-state index in [0.29, 0.717) is 36.8 Å². The van der Waals surface area contributed by atoms with Gasteiger partial charge in [0.1, 0.15) is 18.0 Å². The first-order chi connectivity index (χ1) is 16.4. The minimum Gasteiger partial charge on any atom is -0.494 e. The van der Waals surface area contributed by atoms with E-state index < -0.39 is 15.9 Å². The van der Waals surface area contributed by atoms with Gasteiger partial charge in [0, 0.05) is 6.54 Å². The SMILES string of the molecule is CCOc1ccccc1CCCNC(=O)CN(c1ccccc1Oc1ccccc1)S(C)(=O)=O. The third-order valence-corrected chi connectivity index (χ3v) is 6.14. The zero-order chi connectivity index (χ0) is 24.4. The van der Waals surface area contributed by atoms with E-state index in [2.05, 4.69) is 5.32 Å². The second-order valence-corrected chi connectivity index (χ2v) is 9.55. The summed E-state index contributed by atoms with van der Waals surface area (Å²) < 4.78 is 37.7. The molecule has 34 heavy (non-hydrogen) atoms. The van der Waals surface area contributed by atoms with Gasteiger partial charge in [-0.2, -0.15) is 0 Å². The Morgan fingerprint density at radius 2 is 1.56 bits per heavy atom. The van der Waals surface area contributed by atoms with Gasteiger partial charge in [-0.15, -0.1) is 0 Å². The van der Waals surface area contributed by atoms with Crippen LogP contribution in [0.4, 0.5) is 5.69 Å². The molecule has 180 valence electrons. The van der Waals surface area contributed by atoms with E-state index >= 15 is 0 Å². The van der Waals surface area contributed by atoms with Gasteiger partial charge in [-0.1, -0.05) is 48.5 Å². The van der Waals surface area contributed by atoms with Gasteiger partial charge in [0.15, 0.2) is 5.75 Å². The minimum atomic E-state index is -3.74. The van der Waals surface area contributed by atoms with Crippen LogP contribution in [0.2, 0.25) is 0 Å². The Hall–Kier alpha value is -3.52. The van der Waals surface area contributed by atoms with Crippen LogP contribution in [0.15, 0.2) is 78.9 Å². The maximum Gasteiger partial charge on any atom is 0.240 e. The Balaban J connectivity index is 1.64. The van der Waals surface area contributed by atoms with Crippen molar-refractivity contribution in [3.05, 3.63) is 84.4 Å². The summed E-state index contributed by atoms with van der Waals surface area (Å²) in [5.74, 6) is 1.37. The van der Waals surface area contributed by atoms with Gasteiger partial charge in [0.2, 0.25) is 15.9 Å². The number of rotatable bonds is 12. The van der Waals surface area contributed by atoms with Gasteiger partial charge < -0.3 is 14.8 Å². The molecule has 0 radical (unpaired) electrons. The number of carbonyl (C=O) groups excluding carboxylic acids is 1. The van der Waals surface area contributed by atoms with Crippen LogP contribution < -0.4 is 19.1 Å². The number of amides is 1. The Kier molecular flexibility index (Phi) is 8.93. The van der Waals surface area contributed by atoms with Crippen molar-refractivity contribution in [1.82, 2.24) is 5.32 Å². The Morgan fingerprint density at radius 1 is 0.912 bits per heavy atom. The highest BCUT2D eigenvalue weighted by Gasteiger charge is 2.24. The standard InChI is InChI=1S/C26H30N2O5S/c1-3-32-24-17-9-7-12-21(24)13-11-19-27-26(29)20-28(34(2,30)31)23-16-8-10-18-25(23)33-22-14-5-4-6-15-22/h4-10,12,14-18H,3,11,13,19-20H2,1-2H3,(H,27,29). The molecule has 7 nitrogen and oxygen atoms in total. The first-order valence-electron chi connectivity index (χ1n) is 11.2. The number of hydrogen-bond acceptors (Lipinski definition) is 5. The summed E-state index contributed by atoms with van der Waals surface area (Å²) >= 11 is 0. The highest BCUT2D eigenvalue weighted by atomic mass is 32.2. The minimum absolute atomic E-state index is 0.301. The molecule has 0 atom stereocenters. The summed E-state index contributed by atoms with van der Waals surface area (Å²) in [5, 5.41) is 2.82. The van der Waals surface area contributed by atoms with Crippen molar-refractivity contribution in [1.29, 1.82) is 0 Å². The smallest absolute Gasteiger partial charge is 0.240 e. The molecule has 3 rings (SSSR count). The molecular weight excluding hydrogens is 452 g/mol. The zero-order valence-electron chi connectivity index (χ0n) is 19.4. The van der Waals surface area contributed by atoms with E-state index in [1.807, 2.05) is 49.4 Å². The van der Waals surface area contributed by atoms with Crippen LogP contribution in [0.3, 0.4) is 0 Å². The summed E-state index contributed by atoms with van der Waals surface area (Å²) in [6.45, 7) is 2.60. The van der Waals surface area contributed by atoms with Gasteiger partial charge >= 0.3 is 0 Å². The largest absolute Gasteiger partial charge is 0.494 e. The van der Waals surface area contributed by atoms with E-state index in [4.69, 9.17) is 9.47 Å². The van der Waals surface area contributed by atoms with Crippen LogP contribution in [0, 0.1) is 0 Å². The molecule has 3 aromatic rings. The molecule has 0 aliphatic rings. The molecule has 8 heteroatoms. The lowest BCUT2D eigenvalue weighted by atomic mass is 10.1. The number of nitrogens with one attached hydrogen (secondary N) is 1. The molecule has 0 saturated carbocycles. The predicted molar refractivity (Wildman–Crippen MR) is 134 cm³/mol. The maximum atomic E-state index is 12.6. The molecule has 1 amide bonds. The van der Waals surface area contributed by atoms with Gasteiger partial charge in [0.25, 0.3) is 0 Å². The van der Waals surface area contributed by atoms with Crippen molar-refractivity contribution in [3.63, 3.8) is 0 Å². The molecule has 3 aromatic carbocycles. The van der Waals surface area contributed by atoms with Crippen LogP contribution >= 0.6 is 0 Å². The third kappa shape index (κ3) is 7.25. The number of carbonyl (C=O) groups is 1. The van der Waals surface area contributed by atoms with Crippen LogP contribution in [0.25, 0.3) is 0 Å². The van der Waals surface area contributed by atoms with E-state index in [1.54, 1.807) is 36.4 Å². The van der Waals surface area contributed by atoms with Crippen molar-refractivity contribution in [2.24, 2.45) is 0 Å². The van der Waals surface area contributed by atoms with Gasteiger partial charge in [-0.05, 0) is 55.7 Å². The lowest BCUT2D eigenvalue weighted by molar-refractivity contribution is -0.119. The quantitative estimate of drug-likeness (QED) is 0.387. The summed E-state index contributed by atoms with van der Waals surface area (Å²) in [6, 6.07) is 23.6. The average Bonchev–Trinajstić information content (AvgIpc) is 2.82. The third-order valence-electron chi connectivity index (χ3n) is 5.01. The van der Waals surface area contributed by atoms with E-state index in [9.17, 15) is 13.2 Å². The van der Waals surface area contributed by atoms with Gasteiger partial charge in [-0.3, -0.25) is 9.10 Å². The zero-order valence-corrected chi connectivity index (χ0v) is 20.3. The lowest BCUT2D eigenvalue weighted by Gasteiger charge is -2.24. The summed E-state index contributed by atoms with van der Waals surface area (Å²) in [7, 11) is -3.74. The summed E-state index contributed by atoms with van der Waals surface area (Å²) in [4.78, 5) is 12.6. The lowest BCUT2D eigenvalue weighted by Crippen LogP contribution is -2.40. The molecule has 0 bridgehead atoms. The molecule has 0 spiro atoms. The van der Waals surface area contributed by atoms with Crippen LogP contribution in [-0.2, 0) is 21.2 Å². The number of benzene rings is 3. The molecule has 1 N–H and O–H groups in total. The van der Waals surface area contributed by atoms with Crippen molar-refractivity contribution in [2.75, 3.05) is 30.3 Å². The first-order valence-corrected chi connectivity index (χ1v) is 13.0. The van der Waals surface area contributed by atoms with E-state index in [-0.39, 0.29) is 6.54 Å². The fourth-order valence-corrected chi connectivity index (χ4v) is 4.31. The fourth-order valence-electron chi connectivity index (χ4n) is 3.45. The highest BCUT2D eigenvalue weighted by molar-refractivity contribution is 7.92. The Bertz CT molecular complexity index is 1180. The highest BCUT2D eigenvalue weighted by Crippen LogP contribution is 2.33. The molecule has 0 fully saturated rings. The topological polar surface area (TPSA) is 84.9 Å². The monoisotopic (exact) mass is 482 g/mol. The van der Waals surface area contributed by atoms with Gasteiger partial charge in [-0.25, -0.2) is 8.42 Å². The number of sulfonamides is 1. The second-order valence-electron chi connectivity index (χ2n) is 7.65. The molecule has 0 saturated heterocycles. The van der Waals surface area contributed by atoms with Crippen LogP contribution in [-0.4, -0.2) is 40.3 Å². The first kappa shape index (κ1) is 25.1. The van der Waals surface area contributed by atoms with Crippen LogP contribution in [0.5, 0.6) is 17.2 Å². The summed E-state index contributed by atoms with van der Waals surface area (Å²) in [6.07, 6.45) is 2.51. The second kappa shape index (κ2) is 12.1. The van der Waals surface area contributed by atoms with Crippen molar-refractivity contribution in [2.45, 2.75) is 19.8 Å². The predicted octanol–water partition coefficient (Wildman–Crippen LogP) is 4.39. The molecule has 0 aliphatic carbocycles. The molecule has 0 aromatic heterocycles. The van der Waals surface area contributed by atoms with Crippen molar-refractivity contribution in [3.8, 4) is 17.2 Å². The number of aryl methyl sites for hydroxylation is 1. The van der Waals surface area contributed by atoms with E-state index in [1.165, 1.54) is 0 Å². The molecule has 0 unspecified atom stereocenters. The van der Waals surface area contributed by atoms with Gasteiger partial charge in [0.05, 0.1) is 18.6 Å². The number of anilines is 1. The van der Waals surface area contributed by atoms with Crippen molar-refractivity contribution >= 4 is 21.6 Å². The summed E-state index contributed by atoms with van der Waals surface area (Å²) in [5.41, 5.74) is 1.37.